The van der Waals surface area contributed by atoms with Gasteiger partial charge in [0.1, 0.15) is 0 Å². The van der Waals surface area contributed by atoms with E-state index in [-0.39, 0.29) is 0 Å². The summed E-state index contributed by atoms with van der Waals surface area (Å²) in [5.41, 5.74) is 8.24. The molecule has 2 rings (SSSR count). The second-order valence-corrected chi connectivity index (χ2v) is 6.36. The summed E-state index contributed by atoms with van der Waals surface area (Å²) in [4.78, 5) is 2.51. The van der Waals surface area contributed by atoms with Crippen molar-refractivity contribution in [1.29, 1.82) is 0 Å². The zero-order valence-corrected chi connectivity index (χ0v) is 12.9. The number of rotatable bonds is 6. The van der Waals surface area contributed by atoms with Gasteiger partial charge in [0.05, 0.1) is 0 Å². The van der Waals surface area contributed by atoms with Crippen LogP contribution in [0.2, 0.25) is 0 Å². The van der Waals surface area contributed by atoms with E-state index in [1.165, 1.54) is 35.1 Å². The van der Waals surface area contributed by atoms with Crippen molar-refractivity contribution in [2.24, 2.45) is 11.7 Å². The first-order valence-corrected chi connectivity index (χ1v) is 7.66. The van der Waals surface area contributed by atoms with Crippen molar-refractivity contribution in [2.75, 3.05) is 18.0 Å². The van der Waals surface area contributed by atoms with E-state index in [0.717, 1.165) is 12.3 Å². The largest absolute Gasteiger partial charge is 0.369 e. The summed E-state index contributed by atoms with van der Waals surface area (Å²) in [5.74, 6) is 0.912. The highest BCUT2D eigenvalue weighted by Gasteiger charge is 2.25. The maximum atomic E-state index is 5.62. The number of halogens is 1. The average Bonchev–Trinajstić information content (AvgIpc) is 3.12. The lowest BCUT2D eigenvalue weighted by Gasteiger charge is -2.29. The molecule has 2 N–H and O–H groups in total. The van der Waals surface area contributed by atoms with Crippen LogP contribution in [0.4, 0.5) is 5.69 Å². The van der Waals surface area contributed by atoms with E-state index in [2.05, 4.69) is 52.9 Å². The molecule has 2 nitrogen and oxygen atoms in total. The van der Waals surface area contributed by atoms with Crippen LogP contribution in [-0.4, -0.2) is 19.1 Å². The predicted octanol–water partition coefficient (Wildman–Crippen LogP) is 3.58. The fourth-order valence-corrected chi connectivity index (χ4v) is 2.83. The molecule has 0 saturated heterocycles. The maximum Gasteiger partial charge on any atom is 0.0380 e. The van der Waals surface area contributed by atoms with Gasteiger partial charge in [0.25, 0.3) is 0 Å². The number of hydrogen-bond donors (Lipinski definition) is 1. The molecule has 0 aromatic heterocycles. The average molecular weight is 311 g/mol. The summed E-state index contributed by atoms with van der Waals surface area (Å²) in [6.07, 6.45) is 3.73. The van der Waals surface area contributed by atoms with E-state index in [1.54, 1.807) is 0 Å². The third-order valence-electron chi connectivity index (χ3n) is 3.56. The summed E-state index contributed by atoms with van der Waals surface area (Å²) >= 11 is 3.67. The lowest BCUT2D eigenvalue weighted by molar-refractivity contribution is 0.644. The van der Waals surface area contributed by atoms with Gasteiger partial charge in [-0.3, -0.25) is 0 Å². The number of nitrogens with two attached hydrogens (primary N) is 1. The monoisotopic (exact) mass is 310 g/mol. The predicted molar refractivity (Wildman–Crippen MR) is 82.1 cm³/mol. The van der Waals surface area contributed by atoms with Crippen molar-refractivity contribution < 1.29 is 0 Å². The van der Waals surface area contributed by atoms with Crippen LogP contribution in [0, 0.1) is 5.92 Å². The minimum atomic E-state index is 0.554. The Morgan fingerprint density at radius 2 is 2.11 bits per heavy atom. The van der Waals surface area contributed by atoms with E-state index < -0.39 is 0 Å². The second-order valence-electron chi connectivity index (χ2n) is 5.50. The number of hydrogen-bond acceptors (Lipinski definition) is 2. The van der Waals surface area contributed by atoms with Crippen LogP contribution < -0.4 is 10.6 Å². The third kappa shape index (κ3) is 3.48. The van der Waals surface area contributed by atoms with Gasteiger partial charge in [0, 0.05) is 22.7 Å². The van der Waals surface area contributed by atoms with Gasteiger partial charge in [-0.05, 0) is 63.3 Å². The molecule has 0 aliphatic heterocycles. The molecule has 0 bridgehead atoms. The molecule has 1 fully saturated rings. The molecule has 1 aromatic carbocycles. The SMILES string of the molecule is CC(C)N(CC1CC1)c1ccc(CCN)c(Br)c1. The molecule has 1 aliphatic carbocycles. The van der Waals surface area contributed by atoms with E-state index in [0.29, 0.717) is 12.6 Å². The minimum absolute atomic E-state index is 0.554. The molecule has 1 aromatic rings. The molecule has 1 aliphatic rings. The lowest BCUT2D eigenvalue weighted by atomic mass is 10.1. The normalized spacial score (nSPS) is 15.2. The summed E-state index contributed by atoms with van der Waals surface area (Å²) in [7, 11) is 0. The van der Waals surface area contributed by atoms with Crippen molar-refractivity contribution in [3.05, 3.63) is 28.2 Å². The first-order chi connectivity index (χ1) is 8.61. The van der Waals surface area contributed by atoms with Gasteiger partial charge in [0.15, 0.2) is 0 Å². The van der Waals surface area contributed by atoms with Crippen LogP contribution in [0.3, 0.4) is 0 Å². The Bertz CT molecular complexity index is 399. The van der Waals surface area contributed by atoms with Gasteiger partial charge in [0.2, 0.25) is 0 Å². The van der Waals surface area contributed by atoms with Crippen LogP contribution in [0.1, 0.15) is 32.3 Å². The molecule has 0 atom stereocenters. The Labute approximate surface area is 119 Å². The Morgan fingerprint density at radius 1 is 1.39 bits per heavy atom. The second kappa shape index (κ2) is 6.07. The van der Waals surface area contributed by atoms with Crippen LogP contribution >= 0.6 is 15.9 Å². The smallest absolute Gasteiger partial charge is 0.0380 e. The standard InChI is InChI=1S/C15H23BrN2/c1-11(2)18(10-12-3-4-12)14-6-5-13(7-8-17)15(16)9-14/h5-6,9,11-12H,3-4,7-8,10,17H2,1-2H3. The highest BCUT2D eigenvalue weighted by atomic mass is 79.9. The quantitative estimate of drug-likeness (QED) is 0.870. The Kier molecular flexibility index (Phi) is 4.68. The van der Waals surface area contributed by atoms with Crippen molar-refractivity contribution in [3.63, 3.8) is 0 Å². The van der Waals surface area contributed by atoms with Gasteiger partial charge >= 0.3 is 0 Å². The summed E-state index contributed by atoms with van der Waals surface area (Å²) in [6, 6.07) is 7.23. The first kappa shape index (κ1) is 13.9. The molecule has 1 saturated carbocycles. The molecule has 0 radical (unpaired) electrons. The molecular weight excluding hydrogens is 288 g/mol. The van der Waals surface area contributed by atoms with Crippen LogP contribution in [0.25, 0.3) is 0 Å². The van der Waals surface area contributed by atoms with E-state index in [9.17, 15) is 0 Å². The zero-order chi connectivity index (χ0) is 13.1. The Morgan fingerprint density at radius 3 is 2.61 bits per heavy atom. The fraction of sp³-hybridized carbons (Fsp3) is 0.600. The third-order valence-corrected chi connectivity index (χ3v) is 4.30. The molecule has 0 heterocycles. The van der Waals surface area contributed by atoms with Crippen LogP contribution in [0.5, 0.6) is 0 Å². The fourth-order valence-electron chi connectivity index (χ4n) is 2.27. The van der Waals surface area contributed by atoms with Crippen molar-refractivity contribution in [3.8, 4) is 0 Å². The van der Waals surface area contributed by atoms with Gasteiger partial charge in [-0.25, -0.2) is 0 Å². The maximum absolute atomic E-state index is 5.62. The lowest BCUT2D eigenvalue weighted by Crippen LogP contribution is -2.32. The molecule has 3 heteroatoms. The van der Waals surface area contributed by atoms with Crippen molar-refractivity contribution in [1.82, 2.24) is 0 Å². The first-order valence-electron chi connectivity index (χ1n) is 6.87. The molecule has 100 valence electrons. The van der Waals surface area contributed by atoms with E-state index >= 15 is 0 Å². The molecule has 0 amide bonds. The van der Waals surface area contributed by atoms with Gasteiger partial charge < -0.3 is 10.6 Å². The number of benzene rings is 1. The number of nitrogens with zero attached hydrogens (tertiary/aromatic N) is 1. The number of anilines is 1. The van der Waals surface area contributed by atoms with Gasteiger partial charge in [-0.15, -0.1) is 0 Å². The summed E-state index contributed by atoms with van der Waals surface area (Å²) in [5, 5.41) is 0. The molecular formula is C15H23BrN2. The summed E-state index contributed by atoms with van der Waals surface area (Å²) in [6.45, 7) is 6.43. The Hall–Kier alpha value is -0.540. The van der Waals surface area contributed by atoms with Gasteiger partial charge in [-0.2, -0.15) is 0 Å². The van der Waals surface area contributed by atoms with Crippen LogP contribution in [0.15, 0.2) is 22.7 Å². The molecule has 0 spiro atoms. The molecule has 0 unspecified atom stereocenters. The van der Waals surface area contributed by atoms with E-state index in [4.69, 9.17) is 5.73 Å². The highest BCUT2D eigenvalue weighted by molar-refractivity contribution is 9.10. The minimum Gasteiger partial charge on any atom is -0.369 e. The topological polar surface area (TPSA) is 29.3 Å². The zero-order valence-electron chi connectivity index (χ0n) is 11.3. The van der Waals surface area contributed by atoms with Crippen molar-refractivity contribution in [2.45, 2.75) is 39.2 Å². The molecule has 18 heavy (non-hydrogen) atoms. The Balaban J connectivity index is 2.16. The van der Waals surface area contributed by atoms with E-state index in [1.807, 2.05) is 0 Å². The van der Waals surface area contributed by atoms with Crippen LogP contribution in [-0.2, 0) is 6.42 Å². The summed E-state index contributed by atoms with van der Waals surface area (Å²) < 4.78 is 1.19. The van der Waals surface area contributed by atoms with Crippen molar-refractivity contribution >= 4 is 21.6 Å². The van der Waals surface area contributed by atoms with Gasteiger partial charge in [-0.1, -0.05) is 22.0 Å². The highest BCUT2D eigenvalue weighted by Crippen LogP contribution is 2.33.